The van der Waals surface area contributed by atoms with Crippen molar-refractivity contribution >= 4 is 33.0 Å². The molecule has 2 N–H and O–H groups in total. The summed E-state index contributed by atoms with van der Waals surface area (Å²) in [5.41, 5.74) is 2.42. The highest BCUT2D eigenvalue weighted by molar-refractivity contribution is 7.91. The van der Waals surface area contributed by atoms with Crippen LogP contribution in [0.1, 0.15) is 22.0 Å². The second-order valence-corrected chi connectivity index (χ2v) is 10.6. The van der Waals surface area contributed by atoms with E-state index in [2.05, 4.69) is 10.6 Å². The number of nitrogens with one attached hydrogen (secondary N) is 2. The number of rotatable bonds is 7. The summed E-state index contributed by atoms with van der Waals surface area (Å²) in [6, 6.07) is 22.3. The van der Waals surface area contributed by atoms with Gasteiger partial charge in [-0.05, 0) is 54.1 Å². The van der Waals surface area contributed by atoms with Crippen LogP contribution in [0.4, 0.5) is 11.4 Å². The standard InChI is InChI=1S/C26H27N3O5S/c1-34-23-13-11-22(12-14-23)27-25(30)20-7-9-21(10-8-20)28-26(31)24(19-5-3-2-4-6-19)29-15-17-35(32,33)18-16-29/h2-14,24H,15-18H2,1H3,(H,27,30)(H,28,31). The van der Waals surface area contributed by atoms with Gasteiger partial charge in [0.1, 0.15) is 11.8 Å². The van der Waals surface area contributed by atoms with Gasteiger partial charge in [-0.15, -0.1) is 0 Å². The average Bonchev–Trinajstić information content (AvgIpc) is 2.87. The minimum atomic E-state index is -3.07. The van der Waals surface area contributed by atoms with Gasteiger partial charge in [-0.3, -0.25) is 14.5 Å². The molecule has 1 saturated heterocycles. The molecule has 0 aliphatic carbocycles. The molecule has 35 heavy (non-hydrogen) atoms. The molecule has 182 valence electrons. The van der Waals surface area contributed by atoms with E-state index < -0.39 is 15.9 Å². The van der Waals surface area contributed by atoms with Gasteiger partial charge in [0.2, 0.25) is 5.91 Å². The average molecular weight is 494 g/mol. The van der Waals surface area contributed by atoms with Crippen molar-refractivity contribution in [2.45, 2.75) is 6.04 Å². The highest BCUT2D eigenvalue weighted by Gasteiger charge is 2.32. The summed E-state index contributed by atoms with van der Waals surface area (Å²) in [5.74, 6) is 0.224. The zero-order chi connectivity index (χ0) is 24.8. The molecular weight excluding hydrogens is 466 g/mol. The lowest BCUT2D eigenvalue weighted by molar-refractivity contribution is -0.121. The summed E-state index contributed by atoms with van der Waals surface area (Å²) in [6.07, 6.45) is 0. The van der Waals surface area contributed by atoms with E-state index in [1.165, 1.54) is 0 Å². The maximum Gasteiger partial charge on any atom is 0.255 e. The molecule has 3 aromatic rings. The van der Waals surface area contributed by atoms with Crippen LogP contribution in [0.25, 0.3) is 0 Å². The first-order valence-corrected chi connectivity index (χ1v) is 13.0. The lowest BCUT2D eigenvalue weighted by atomic mass is 10.0. The summed E-state index contributed by atoms with van der Waals surface area (Å²) >= 11 is 0. The molecule has 0 saturated carbocycles. The molecule has 1 aliphatic heterocycles. The van der Waals surface area contributed by atoms with Crippen LogP contribution in [0.3, 0.4) is 0 Å². The SMILES string of the molecule is COc1ccc(NC(=O)c2ccc(NC(=O)C(c3ccccc3)N3CCS(=O)(=O)CC3)cc2)cc1. The van der Waals surface area contributed by atoms with Crippen LogP contribution < -0.4 is 15.4 Å². The minimum Gasteiger partial charge on any atom is -0.497 e. The molecule has 1 atom stereocenters. The molecule has 1 heterocycles. The van der Waals surface area contributed by atoms with Crippen LogP contribution in [0.2, 0.25) is 0 Å². The molecule has 2 amide bonds. The van der Waals surface area contributed by atoms with Gasteiger partial charge in [0.05, 0.1) is 18.6 Å². The minimum absolute atomic E-state index is 0.0294. The van der Waals surface area contributed by atoms with Crippen molar-refractivity contribution in [1.29, 1.82) is 0 Å². The molecule has 0 bridgehead atoms. The fourth-order valence-corrected chi connectivity index (χ4v) is 5.17. The number of carbonyl (C=O) groups excluding carboxylic acids is 2. The van der Waals surface area contributed by atoms with Crippen molar-refractivity contribution in [3.8, 4) is 5.75 Å². The van der Waals surface area contributed by atoms with Gasteiger partial charge in [-0.2, -0.15) is 0 Å². The third-order valence-electron chi connectivity index (χ3n) is 5.87. The van der Waals surface area contributed by atoms with E-state index >= 15 is 0 Å². The third-order valence-corrected chi connectivity index (χ3v) is 7.48. The Morgan fingerprint density at radius 2 is 1.40 bits per heavy atom. The van der Waals surface area contributed by atoms with E-state index in [0.717, 1.165) is 5.56 Å². The fraction of sp³-hybridized carbons (Fsp3) is 0.231. The number of methoxy groups -OCH3 is 1. The van der Waals surface area contributed by atoms with Crippen LogP contribution in [0.15, 0.2) is 78.9 Å². The van der Waals surface area contributed by atoms with Crippen molar-refractivity contribution in [3.05, 3.63) is 90.0 Å². The van der Waals surface area contributed by atoms with Crippen molar-refractivity contribution < 1.29 is 22.7 Å². The molecule has 0 spiro atoms. The Labute approximate surface area is 204 Å². The Balaban J connectivity index is 1.44. The monoisotopic (exact) mass is 493 g/mol. The number of anilines is 2. The van der Waals surface area contributed by atoms with Gasteiger partial charge in [-0.1, -0.05) is 30.3 Å². The van der Waals surface area contributed by atoms with E-state index in [0.29, 0.717) is 35.8 Å². The predicted molar refractivity (Wildman–Crippen MR) is 135 cm³/mol. The Kier molecular flexibility index (Phi) is 7.48. The second kappa shape index (κ2) is 10.7. The molecule has 3 aromatic carbocycles. The summed E-state index contributed by atoms with van der Waals surface area (Å²) in [6.45, 7) is 0.583. The molecule has 1 fully saturated rings. The maximum absolute atomic E-state index is 13.3. The molecular formula is C26H27N3O5S. The first-order chi connectivity index (χ1) is 16.8. The zero-order valence-corrected chi connectivity index (χ0v) is 20.1. The molecule has 0 aromatic heterocycles. The Bertz CT molecular complexity index is 1260. The van der Waals surface area contributed by atoms with Crippen molar-refractivity contribution in [1.82, 2.24) is 4.90 Å². The highest BCUT2D eigenvalue weighted by atomic mass is 32.2. The van der Waals surface area contributed by atoms with E-state index in [1.54, 1.807) is 55.6 Å². The number of nitrogens with zero attached hydrogens (tertiary/aromatic N) is 1. The number of amides is 2. The lowest BCUT2D eigenvalue weighted by Crippen LogP contribution is -2.46. The molecule has 8 nitrogen and oxygen atoms in total. The maximum atomic E-state index is 13.3. The van der Waals surface area contributed by atoms with Crippen LogP contribution in [0.5, 0.6) is 5.75 Å². The van der Waals surface area contributed by atoms with Gasteiger partial charge in [0.25, 0.3) is 5.91 Å². The van der Waals surface area contributed by atoms with Gasteiger partial charge in [0.15, 0.2) is 9.84 Å². The second-order valence-electron chi connectivity index (χ2n) is 8.25. The van der Waals surface area contributed by atoms with Crippen LogP contribution >= 0.6 is 0 Å². The van der Waals surface area contributed by atoms with E-state index in [-0.39, 0.29) is 23.3 Å². The van der Waals surface area contributed by atoms with Crippen molar-refractivity contribution in [2.24, 2.45) is 0 Å². The molecule has 9 heteroatoms. The Morgan fingerprint density at radius 1 is 0.829 bits per heavy atom. The van der Waals surface area contributed by atoms with Crippen LogP contribution in [-0.4, -0.2) is 56.8 Å². The Hall–Kier alpha value is -3.69. The Morgan fingerprint density at radius 3 is 2.00 bits per heavy atom. The van der Waals surface area contributed by atoms with Gasteiger partial charge < -0.3 is 15.4 Å². The van der Waals surface area contributed by atoms with E-state index in [1.807, 2.05) is 35.2 Å². The number of ether oxygens (including phenoxy) is 1. The number of sulfone groups is 1. The highest BCUT2D eigenvalue weighted by Crippen LogP contribution is 2.25. The van der Waals surface area contributed by atoms with Gasteiger partial charge in [0, 0.05) is 30.0 Å². The molecule has 0 radical (unpaired) electrons. The zero-order valence-electron chi connectivity index (χ0n) is 19.3. The largest absolute Gasteiger partial charge is 0.497 e. The first kappa shape index (κ1) is 24.4. The fourth-order valence-electron chi connectivity index (χ4n) is 3.94. The van der Waals surface area contributed by atoms with Crippen molar-refractivity contribution in [3.63, 3.8) is 0 Å². The summed E-state index contributed by atoms with van der Waals surface area (Å²) in [4.78, 5) is 27.8. The first-order valence-electron chi connectivity index (χ1n) is 11.2. The molecule has 1 aliphatic rings. The topological polar surface area (TPSA) is 105 Å². The summed E-state index contributed by atoms with van der Waals surface area (Å²) < 4.78 is 28.9. The molecule has 4 rings (SSSR count). The van der Waals surface area contributed by atoms with Crippen LogP contribution in [0, 0.1) is 0 Å². The lowest BCUT2D eigenvalue weighted by Gasteiger charge is -2.33. The normalized spacial score (nSPS) is 16.1. The number of hydrogen-bond acceptors (Lipinski definition) is 6. The predicted octanol–water partition coefficient (Wildman–Crippen LogP) is 3.36. The summed E-state index contributed by atoms with van der Waals surface area (Å²) in [7, 11) is -1.50. The quantitative estimate of drug-likeness (QED) is 0.523. The third kappa shape index (κ3) is 6.26. The number of benzene rings is 3. The number of hydrogen-bond donors (Lipinski definition) is 2. The molecule has 1 unspecified atom stereocenters. The van der Waals surface area contributed by atoms with Crippen molar-refractivity contribution in [2.75, 3.05) is 42.3 Å². The van der Waals surface area contributed by atoms with E-state index in [4.69, 9.17) is 4.74 Å². The summed E-state index contributed by atoms with van der Waals surface area (Å²) in [5, 5.41) is 5.73. The van der Waals surface area contributed by atoms with E-state index in [9.17, 15) is 18.0 Å². The number of carbonyl (C=O) groups is 2. The van der Waals surface area contributed by atoms with Gasteiger partial charge >= 0.3 is 0 Å². The smallest absolute Gasteiger partial charge is 0.255 e. The van der Waals surface area contributed by atoms with Gasteiger partial charge in [-0.25, -0.2) is 8.42 Å². The van der Waals surface area contributed by atoms with Crippen LogP contribution in [-0.2, 0) is 14.6 Å².